The van der Waals surface area contributed by atoms with E-state index in [-0.39, 0.29) is 24.0 Å². The zero-order valence-corrected chi connectivity index (χ0v) is 20.0. The van der Waals surface area contributed by atoms with Gasteiger partial charge in [0, 0.05) is 64.6 Å². The highest BCUT2D eigenvalue weighted by Crippen LogP contribution is 2.13. The molecular formula is C21H33IN6. The molecule has 1 saturated heterocycles. The first kappa shape index (κ1) is 22.7. The van der Waals surface area contributed by atoms with Gasteiger partial charge in [0.05, 0.1) is 5.69 Å². The second-order valence-corrected chi connectivity index (χ2v) is 7.43. The van der Waals surface area contributed by atoms with Gasteiger partial charge in [-0.05, 0) is 26.3 Å². The van der Waals surface area contributed by atoms with Crippen LogP contribution < -0.4 is 5.32 Å². The lowest BCUT2D eigenvalue weighted by atomic mass is 10.1. The first-order valence-electron chi connectivity index (χ1n) is 9.70. The van der Waals surface area contributed by atoms with Gasteiger partial charge in [0.25, 0.3) is 0 Å². The van der Waals surface area contributed by atoms with Crippen LogP contribution in [0, 0.1) is 20.8 Å². The molecule has 2 aromatic rings. The Labute approximate surface area is 186 Å². The van der Waals surface area contributed by atoms with E-state index in [1.54, 1.807) is 0 Å². The van der Waals surface area contributed by atoms with Gasteiger partial charge in [-0.2, -0.15) is 5.10 Å². The third-order valence-electron chi connectivity index (χ3n) is 5.45. The van der Waals surface area contributed by atoms with E-state index < -0.39 is 0 Å². The lowest BCUT2D eigenvalue weighted by Crippen LogP contribution is -2.52. The molecule has 0 atom stereocenters. The van der Waals surface area contributed by atoms with Gasteiger partial charge in [0.15, 0.2) is 5.96 Å². The van der Waals surface area contributed by atoms with Crippen LogP contribution in [0.3, 0.4) is 0 Å². The number of hydrogen-bond acceptors (Lipinski definition) is 3. The maximum atomic E-state index is 4.50. The molecule has 0 amide bonds. The molecule has 1 aliphatic rings. The molecule has 1 N–H and O–H groups in total. The summed E-state index contributed by atoms with van der Waals surface area (Å²) in [5.41, 5.74) is 6.28. The maximum Gasteiger partial charge on any atom is 0.194 e. The molecule has 28 heavy (non-hydrogen) atoms. The molecule has 1 aromatic carbocycles. The van der Waals surface area contributed by atoms with E-state index in [0.29, 0.717) is 0 Å². The molecule has 3 rings (SSSR count). The highest BCUT2D eigenvalue weighted by atomic mass is 127. The SMILES string of the molecule is CN=C(NCc1c(C)nn(C)c1C)N1CCN(Cc2cccc(C)c2)CC1.I. The highest BCUT2D eigenvalue weighted by Gasteiger charge is 2.20. The largest absolute Gasteiger partial charge is 0.352 e. The molecule has 0 spiro atoms. The highest BCUT2D eigenvalue weighted by molar-refractivity contribution is 14.0. The fraction of sp³-hybridized carbons (Fsp3) is 0.524. The average Bonchev–Trinajstić information content (AvgIpc) is 2.89. The Morgan fingerprint density at radius 3 is 2.43 bits per heavy atom. The second-order valence-electron chi connectivity index (χ2n) is 7.43. The Hall–Kier alpha value is -1.61. The fourth-order valence-corrected chi connectivity index (χ4v) is 3.76. The summed E-state index contributed by atoms with van der Waals surface area (Å²) in [7, 11) is 3.86. The van der Waals surface area contributed by atoms with Gasteiger partial charge in [0.2, 0.25) is 0 Å². The van der Waals surface area contributed by atoms with E-state index in [4.69, 9.17) is 0 Å². The summed E-state index contributed by atoms with van der Waals surface area (Å²) in [6, 6.07) is 8.81. The van der Waals surface area contributed by atoms with Crippen LogP contribution in [0.5, 0.6) is 0 Å². The Kier molecular flexibility index (Phi) is 8.30. The fourth-order valence-electron chi connectivity index (χ4n) is 3.76. The number of aromatic nitrogens is 2. The average molecular weight is 496 g/mol. The van der Waals surface area contributed by atoms with E-state index in [1.165, 1.54) is 22.4 Å². The summed E-state index contributed by atoms with van der Waals surface area (Å²) < 4.78 is 1.94. The number of rotatable bonds is 4. The lowest BCUT2D eigenvalue weighted by molar-refractivity contribution is 0.172. The van der Waals surface area contributed by atoms with Gasteiger partial charge < -0.3 is 10.2 Å². The van der Waals surface area contributed by atoms with Gasteiger partial charge in [-0.1, -0.05) is 29.8 Å². The van der Waals surface area contributed by atoms with E-state index in [1.807, 2.05) is 18.8 Å². The topological polar surface area (TPSA) is 48.7 Å². The summed E-state index contributed by atoms with van der Waals surface area (Å²) >= 11 is 0. The molecule has 1 aromatic heterocycles. The summed E-state index contributed by atoms with van der Waals surface area (Å²) in [4.78, 5) is 9.38. The Balaban J connectivity index is 0.00000280. The predicted molar refractivity (Wildman–Crippen MR) is 126 cm³/mol. The molecule has 6 nitrogen and oxygen atoms in total. The van der Waals surface area contributed by atoms with Crippen LogP contribution in [0.4, 0.5) is 0 Å². The molecule has 0 aliphatic carbocycles. The van der Waals surface area contributed by atoms with Crippen molar-refractivity contribution in [3.05, 3.63) is 52.3 Å². The van der Waals surface area contributed by atoms with E-state index >= 15 is 0 Å². The first-order chi connectivity index (χ1) is 13.0. The van der Waals surface area contributed by atoms with Crippen LogP contribution in [0.1, 0.15) is 28.1 Å². The number of nitrogens with one attached hydrogen (secondary N) is 1. The number of halogens is 1. The molecule has 0 saturated carbocycles. The zero-order valence-electron chi connectivity index (χ0n) is 17.7. The van der Waals surface area contributed by atoms with Crippen molar-refractivity contribution in [2.45, 2.75) is 33.9 Å². The van der Waals surface area contributed by atoms with Crippen molar-refractivity contribution < 1.29 is 0 Å². The Bertz CT molecular complexity index is 805. The number of aliphatic imine (C=N–C) groups is 1. The van der Waals surface area contributed by atoms with Crippen LogP contribution in [0.2, 0.25) is 0 Å². The predicted octanol–water partition coefficient (Wildman–Crippen LogP) is 2.86. The van der Waals surface area contributed by atoms with Crippen LogP contribution in [-0.4, -0.2) is 58.8 Å². The molecular weight excluding hydrogens is 463 g/mol. The number of aryl methyl sites for hydroxylation is 3. The van der Waals surface area contributed by atoms with Crippen molar-refractivity contribution in [1.82, 2.24) is 24.9 Å². The van der Waals surface area contributed by atoms with Crippen LogP contribution in [-0.2, 0) is 20.1 Å². The Morgan fingerprint density at radius 1 is 1.14 bits per heavy atom. The minimum atomic E-state index is 0. The monoisotopic (exact) mass is 496 g/mol. The standard InChI is InChI=1S/C21H32N6.HI/c1-16-7-6-8-19(13-16)15-26-9-11-27(12-10-26)21(22-4)23-14-20-17(2)24-25(5)18(20)3;/h6-8,13H,9-12,14-15H2,1-5H3,(H,22,23);1H. The number of piperazine rings is 1. The molecule has 1 fully saturated rings. The smallest absolute Gasteiger partial charge is 0.194 e. The van der Waals surface area contributed by atoms with Crippen molar-refractivity contribution in [3.63, 3.8) is 0 Å². The van der Waals surface area contributed by atoms with E-state index in [0.717, 1.165) is 50.9 Å². The first-order valence-corrected chi connectivity index (χ1v) is 9.70. The summed E-state index contributed by atoms with van der Waals surface area (Å²) in [6.07, 6.45) is 0. The molecule has 7 heteroatoms. The number of hydrogen-bond donors (Lipinski definition) is 1. The minimum Gasteiger partial charge on any atom is -0.352 e. The molecule has 2 heterocycles. The molecule has 0 bridgehead atoms. The van der Waals surface area contributed by atoms with Crippen molar-refractivity contribution >= 4 is 29.9 Å². The van der Waals surface area contributed by atoms with Gasteiger partial charge in [-0.15, -0.1) is 24.0 Å². The second kappa shape index (κ2) is 10.2. The number of nitrogens with zero attached hydrogens (tertiary/aromatic N) is 5. The maximum absolute atomic E-state index is 4.50. The summed E-state index contributed by atoms with van der Waals surface area (Å²) in [5, 5.41) is 8.03. The normalized spacial score (nSPS) is 15.5. The summed E-state index contributed by atoms with van der Waals surface area (Å²) in [5.74, 6) is 0.979. The van der Waals surface area contributed by atoms with Gasteiger partial charge in [-0.3, -0.25) is 14.6 Å². The van der Waals surface area contributed by atoms with Crippen molar-refractivity contribution in [3.8, 4) is 0 Å². The molecule has 154 valence electrons. The van der Waals surface area contributed by atoms with Crippen LogP contribution in [0.15, 0.2) is 29.3 Å². The minimum absolute atomic E-state index is 0. The molecule has 1 aliphatic heterocycles. The Morgan fingerprint density at radius 2 is 1.86 bits per heavy atom. The van der Waals surface area contributed by atoms with Gasteiger partial charge >= 0.3 is 0 Å². The van der Waals surface area contributed by atoms with Crippen LogP contribution in [0.25, 0.3) is 0 Å². The molecule has 0 unspecified atom stereocenters. The molecule has 0 radical (unpaired) electrons. The quantitative estimate of drug-likeness (QED) is 0.402. The van der Waals surface area contributed by atoms with E-state index in [9.17, 15) is 0 Å². The lowest BCUT2D eigenvalue weighted by Gasteiger charge is -2.36. The zero-order chi connectivity index (χ0) is 19.4. The van der Waals surface area contributed by atoms with E-state index in [2.05, 4.69) is 70.2 Å². The van der Waals surface area contributed by atoms with Crippen molar-refractivity contribution in [2.75, 3.05) is 33.2 Å². The summed E-state index contributed by atoms with van der Waals surface area (Å²) in [6.45, 7) is 12.2. The van der Waals surface area contributed by atoms with Crippen molar-refractivity contribution in [1.29, 1.82) is 0 Å². The number of benzene rings is 1. The van der Waals surface area contributed by atoms with Crippen LogP contribution >= 0.6 is 24.0 Å². The van der Waals surface area contributed by atoms with Gasteiger partial charge in [0.1, 0.15) is 0 Å². The van der Waals surface area contributed by atoms with Crippen molar-refractivity contribution in [2.24, 2.45) is 12.0 Å². The van der Waals surface area contributed by atoms with Gasteiger partial charge in [-0.25, -0.2) is 0 Å². The number of guanidine groups is 1. The third kappa shape index (κ3) is 5.47. The third-order valence-corrected chi connectivity index (χ3v) is 5.45.